The third-order valence-corrected chi connectivity index (χ3v) is 3.19. The van der Waals surface area contributed by atoms with Gasteiger partial charge in [0.15, 0.2) is 0 Å². The predicted octanol–water partition coefficient (Wildman–Crippen LogP) is 0.508. The molecule has 0 aliphatic rings. The van der Waals surface area contributed by atoms with Crippen LogP contribution in [0.25, 0.3) is 0 Å². The lowest BCUT2D eigenvalue weighted by atomic mass is 10.1. The van der Waals surface area contributed by atoms with Crippen molar-refractivity contribution in [2.75, 3.05) is 6.54 Å². The molecule has 0 radical (unpaired) electrons. The van der Waals surface area contributed by atoms with E-state index in [4.69, 9.17) is 0 Å². The van der Waals surface area contributed by atoms with Gasteiger partial charge in [-0.25, -0.2) is 0 Å². The number of hydrogen-bond acceptors (Lipinski definition) is 7. The van der Waals surface area contributed by atoms with E-state index in [1.165, 1.54) is 6.92 Å². The smallest absolute Gasteiger partial charge is 0.277 e. The third-order valence-electron chi connectivity index (χ3n) is 3.19. The zero-order chi connectivity index (χ0) is 19.1. The Bertz CT molecular complexity index is 658. The van der Waals surface area contributed by atoms with E-state index in [2.05, 4.69) is 10.6 Å². The first kappa shape index (κ1) is 20.0. The Morgan fingerprint density at radius 1 is 1.16 bits per heavy atom. The molecule has 3 N–H and O–H groups in total. The molecule has 25 heavy (non-hydrogen) atoms. The van der Waals surface area contributed by atoms with E-state index in [1.54, 1.807) is 0 Å². The van der Waals surface area contributed by atoms with Crippen LogP contribution >= 0.6 is 0 Å². The molecule has 0 fully saturated rings. The first-order valence-corrected chi connectivity index (χ1v) is 7.37. The monoisotopic (exact) mass is 354 g/mol. The van der Waals surface area contributed by atoms with Crippen molar-refractivity contribution in [2.24, 2.45) is 0 Å². The number of nitrogens with zero attached hydrogens (tertiary/aromatic N) is 2. The second-order valence-electron chi connectivity index (χ2n) is 5.24. The highest BCUT2D eigenvalue weighted by Crippen LogP contribution is 2.22. The van der Waals surface area contributed by atoms with Crippen molar-refractivity contribution < 1.29 is 24.5 Å². The fourth-order valence-corrected chi connectivity index (χ4v) is 1.93. The van der Waals surface area contributed by atoms with Crippen molar-refractivity contribution in [1.82, 2.24) is 10.6 Å². The Labute approximate surface area is 142 Å². The molecule has 0 bridgehead atoms. The summed E-state index contributed by atoms with van der Waals surface area (Å²) in [6.45, 7) is 3.44. The summed E-state index contributed by atoms with van der Waals surface area (Å²) in [6, 6.07) is 1.12. The summed E-state index contributed by atoms with van der Waals surface area (Å²) in [5.41, 5.74) is -1.64. The number of carbonyl (C=O) groups excluding carboxylic acids is 2. The standard InChI is InChI=1S/C14H18N4O7/c1-3-4-15-14(21)12(8(2)19)16-13(20)9-5-10(17(22)23)7-11(6-9)18(24)25/h5-8,12,19H,3-4H2,1-2H3,(H,15,21)(H,16,20)/t8-,12+/m0/s1. The van der Waals surface area contributed by atoms with Gasteiger partial charge >= 0.3 is 0 Å². The van der Waals surface area contributed by atoms with Crippen molar-refractivity contribution in [3.8, 4) is 0 Å². The van der Waals surface area contributed by atoms with Gasteiger partial charge in [-0.2, -0.15) is 0 Å². The first-order chi connectivity index (χ1) is 11.7. The van der Waals surface area contributed by atoms with Crippen molar-refractivity contribution in [3.05, 3.63) is 44.0 Å². The third kappa shape index (κ3) is 5.49. The quantitative estimate of drug-likeness (QED) is 0.452. The Balaban J connectivity index is 3.10. The molecule has 11 heteroatoms. The number of carbonyl (C=O) groups is 2. The van der Waals surface area contributed by atoms with Gasteiger partial charge < -0.3 is 15.7 Å². The Morgan fingerprint density at radius 2 is 1.68 bits per heavy atom. The maximum absolute atomic E-state index is 12.2. The maximum Gasteiger partial charge on any atom is 0.277 e. The van der Waals surface area contributed by atoms with Crippen LogP contribution in [0.3, 0.4) is 0 Å². The van der Waals surface area contributed by atoms with Gasteiger partial charge in [-0.05, 0) is 13.3 Å². The highest BCUT2D eigenvalue weighted by molar-refractivity contribution is 5.98. The number of hydrogen-bond donors (Lipinski definition) is 3. The summed E-state index contributed by atoms with van der Waals surface area (Å²) >= 11 is 0. The molecule has 11 nitrogen and oxygen atoms in total. The number of nitrogens with one attached hydrogen (secondary N) is 2. The first-order valence-electron chi connectivity index (χ1n) is 7.37. The topological polar surface area (TPSA) is 165 Å². The molecular weight excluding hydrogens is 336 g/mol. The van der Waals surface area contributed by atoms with Crippen LogP contribution in [0.4, 0.5) is 11.4 Å². The second kappa shape index (κ2) is 8.68. The normalized spacial score (nSPS) is 12.8. The van der Waals surface area contributed by atoms with E-state index < -0.39 is 45.2 Å². The Hall–Kier alpha value is -3.08. The number of aliphatic hydroxyl groups excluding tert-OH is 1. The minimum Gasteiger partial charge on any atom is -0.391 e. The number of rotatable bonds is 8. The fraction of sp³-hybridized carbons (Fsp3) is 0.429. The molecular formula is C14H18N4O7. The van der Waals surface area contributed by atoms with Crippen molar-refractivity contribution in [2.45, 2.75) is 32.4 Å². The van der Waals surface area contributed by atoms with Gasteiger partial charge in [0.25, 0.3) is 17.3 Å². The number of amides is 2. The van der Waals surface area contributed by atoms with E-state index in [1.807, 2.05) is 6.92 Å². The molecule has 1 aromatic rings. The maximum atomic E-state index is 12.2. The van der Waals surface area contributed by atoms with E-state index in [-0.39, 0.29) is 5.56 Å². The average molecular weight is 354 g/mol. The van der Waals surface area contributed by atoms with Gasteiger partial charge in [0.1, 0.15) is 6.04 Å². The van der Waals surface area contributed by atoms with Crippen LogP contribution in [-0.4, -0.2) is 45.5 Å². The molecule has 0 unspecified atom stereocenters. The number of nitro groups is 2. The molecule has 0 aromatic heterocycles. The number of non-ortho nitro benzene ring substituents is 2. The zero-order valence-electron chi connectivity index (χ0n) is 13.6. The summed E-state index contributed by atoms with van der Waals surface area (Å²) in [4.78, 5) is 44.2. The summed E-state index contributed by atoms with van der Waals surface area (Å²) in [5, 5.41) is 36.1. The number of aliphatic hydroxyl groups is 1. The molecule has 1 aromatic carbocycles. The lowest BCUT2D eigenvalue weighted by Gasteiger charge is -2.20. The van der Waals surface area contributed by atoms with E-state index in [9.17, 15) is 34.9 Å². The van der Waals surface area contributed by atoms with Crippen molar-refractivity contribution >= 4 is 23.2 Å². The van der Waals surface area contributed by atoms with Crippen LogP contribution in [0.1, 0.15) is 30.6 Å². The molecule has 0 saturated heterocycles. The Kier molecular flexibility index (Phi) is 6.93. The largest absolute Gasteiger partial charge is 0.391 e. The van der Waals surface area contributed by atoms with Gasteiger partial charge in [0, 0.05) is 18.7 Å². The molecule has 2 atom stereocenters. The van der Waals surface area contributed by atoms with Crippen LogP contribution in [-0.2, 0) is 4.79 Å². The fourth-order valence-electron chi connectivity index (χ4n) is 1.93. The van der Waals surface area contributed by atoms with E-state index >= 15 is 0 Å². The van der Waals surface area contributed by atoms with Gasteiger partial charge in [-0.3, -0.25) is 29.8 Å². The van der Waals surface area contributed by atoms with Crippen molar-refractivity contribution in [1.29, 1.82) is 0 Å². The second-order valence-corrected chi connectivity index (χ2v) is 5.24. The van der Waals surface area contributed by atoms with Gasteiger partial charge in [-0.1, -0.05) is 6.92 Å². The van der Waals surface area contributed by atoms with E-state index in [0.717, 1.165) is 18.2 Å². The molecule has 0 spiro atoms. The van der Waals surface area contributed by atoms with Crippen LogP contribution in [0.5, 0.6) is 0 Å². The molecule has 0 heterocycles. The van der Waals surface area contributed by atoms with Crippen LogP contribution in [0, 0.1) is 20.2 Å². The molecule has 0 aliphatic carbocycles. The summed E-state index contributed by atoms with van der Waals surface area (Å²) in [5.74, 6) is -1.59. The number of nitro benzene ring substituents is 2. The summed E-state index contributed by atoms with van der Waals surface area (Å²) < 4.78 is 0. The SMILES string of the molecule is CCCNC(=O)[C@H](NC(=O)c1cc([N+](=O)[O-])cc([N+](=O)[O-])c1)[C@H](C)O. The highest BCUT2D eigenvalue weighted by Gasteiger charge is 2.27. The minimum absolute atomic E-state index is 0.334. The minimum atomic E-state index is -1.31. The van der Waals surface area contributed by atoms with Crippen LogP contribution in [0.15, 0.2) is 18.2 Å². The predicted molar refractivity (Wildman–Crippen MR) is 86.0 cm³/mol. The zero-order valence-corrected chi connectivity index (χ0v) is 13.6. The van der Waals surface area contributed by atoms with Gasteiger partial charge in [0.2, 0.25) is 5.91 Å². The summed E-state index contributed by atoms with van der Waals surface area (Å²) in [6.07, 6.45) is -0.599. The molecule has 0 aliphatic heterocycles. The Morgan fingerprint density at radius 3 is 2.08 bits per heavy atom. The van der Waals surface area contributed by atoms with E-state index in [0.29, 0.717) is 13.0 Å². The number of benzene rings is 1. The molecule has 2 amide bonds. The lowest BCUT2D eigenvalue weighted by molar-refractivity contribution is -0.394. The summed E-state index contributed by atoms with van der Waals surface area (Å²) in [7, 11) is 0. The van der Waals surface area contributed by atoms with Crippen molar-refractivity contribution in [3.63, 3.8) is 0 Å². The van der Waals surface area contributed by atoms with Gasteiger partial charge in [-0.15, -0.1) is 0 Å². The van der Waals surface area contributed by atoms with Gasteiger partial charge in [0.05, 0.1) is 27.6 Å². The lowest BCUT2D eigenvalue weighted by Crippen LogP contribution is -2.52. The molecule has 136 valence electrons. The molecule has 0 saturated carbocycles. The van der Waals surface area contributed by atoms with Crippen LogP contribution < -0.4 is 10.6 Å². The average Bonchev–Trinajstić information content (AvgIpc) is 2.56. The van der Waals surface area contributed by atoms with Crippen LogP contribution in [0.2, 0.25) is 0 Å². The highest BCUT2D eigenvalue weighted by atomic mass is 16.6. The molecule has 1 rings (SSSR count).